The Morgan fingerprint density at radius 2 is 1.65 bits per heavy atom. The van der Waals surface area contributed by atoms with Crippen molar-refractivity contribution in [2.24, 2.45) is 0 Å². The molecule has 0 atom stereocenters. The van der Waals surface area contributed by atoms with Gasteiger partial charge >= 0.3 is 0 Å². The first kappa shape index (κ1) is 14.5. The number of halogens is 1. The maximum atomic E-state index is 12.9. The molecule has 0 fully saturated rings. The van der Waals surface area contributed by atoms with Gasteiger partial charge in [0.25, 0.3) is 10.0 Å². The van der Waals surface area contributed by atoms with E-state index < -0.39 is 15.8 Å². The second-order valence-electron chi connectivity index (χ2n) is 4.41. The summed E-state index contributed by atoms with van der Waals surface area (Å²) < 4.78 is 39.2. The van der Waals surface area contributed by atoms with Crippen LogP contribution in [0.15, 0.2) is 53.4 Å². The molecule has 2 rings (SSSR count). The average molecular weight is 293 g/mol. The van der Waals surface area contributed by atoms with Gasteiger partial charge in [0.2, 0.25) is 0 Å². The molecular formula is C15H16FNO2S. The van der Waals surface area contributed by atoms with Gasteiger partial charge in [-0.15, -0.1) is 0 Å². The minimum atomic E-state index is -3.67. The number of sulfonamides is 1. The molecule has 2 aromatic carbocycles. The SMILES string of the molecule is CCc1ccccc1N(C)S(=O)(=O)c1ccc(F)cc1. The highest BCUT2D eigenvalue weighted by Gasteiger charge is 2.22. The number of aryl methyl sites for hydroxylation is 1. The molecule has 0 aromatic heterocycles. The molecule has 0 amide bonds. The summed E-state index contributed by atoms with van der Waals surface area (Å²) in [6.45, 7) is 1.97. The first-order chi connectivity index (χ1) is 9.46. The lowest BCUT2D eigenvalue weighted by molar-refractivity contribution is 0.593. The van der Waals surface area contributed by atoms with Gasteiger partial charge in [0, 0.05) is 7.05 Å². The van der Waals surface area contributed by atoms with Crippen molar-refractivity contribution < 1.29 is 12.8 Å². The molecule has 0 radical (unpaired) electrons. The van der Waals surface area contributed by atoms with Crippen molar-refractivity contribution in [3.8, 4) is 0 Å². The Morgan fingerprint density at radius 1 is 1.05 bits per heavy atom. The highest BCUT2D eigenvalue weighted by Crippen LogP contribution is 2.25. The summed E-state index contributed by atoms with van der Waals surface area (Å²) in [5.41, 5.74) is 1.58. The summed E-state index contributed by atoms with van der Waals surface area (Å²) >= 11 is 0. The van der Waals surface area contributed by atoms with Crippen LogP contribution in [-0.4, -0.2) is 15.5 Å². The van der Waals surface area contributed by atoms with E-state index in [4.69, 9.17) is 0 Å². The molecule has 0 aliphatic rings. The first-order valence-electron chi connectivity index (χ1n) is 6.29. The van der Waals surface area contributed by atoms with Crippen LogP contribution in [0.5, 0.6) is 0 Å². The van der Waals surface area contributed by atoms with E-state index in [1.54, 1.807) is 12.1 Å². The minimum absolute atomic E-state index is 0.0762. The molecule has 2 aromatic rings. The highest BCUT2D eigenvalue weighted by atomic mass is 32.2. The molecule has 0 N–H and O–H groups in total. The molecule has 0 unspecified atom stereocenters. The Labute approximate surface area is 118 Å². The van der Waals surface area contributed by atoms with Gasteiger partial charge in [-0.25, -0.2) is 12.8 Å². The van der Waals surface area contributed by atoms with Crippen molar-refractivity contribution in [2.75, 3.05) is 11.4 Å². The lowest BCUT2D eigenvalue weighted by Crippen LogP contribution is -2.27. The molecule has 0 aliphatic heterocycles. The minimum Gasteiger partial charge on any atom is -0.269 e. The average Bonchev–Trinajstić information content (AvgIpc) is 2.46. The van der Waals surface area contributed by atoms with Gasteiger partial charge in [-0.2, -0.15) is 0 Å². The van der Waals surface area contributed by atoms with E-state index in [-0.39, 0.29) is 4.90 Å². The van der Waals surface area contributed by atoms with Crippen molar-refractivity contribution in [2.45, 2.75) is 18.2 Å². The number of para-hydroxylation sites is 1. The Morgan fingerprint density at radius 3 is 2.25 bits per heavy atom. The molecule has 0 saturated carbocycles. The van der Waals surface area contributed by atoms with Crippen LogP contribution in [0.4, 0.5) is 10.1 Å². The van der Waals surface area contributed by atoms with Gasteiger partial charge in [-0.3, -0.25) is 4.31 Å². The summed E-state index contributed by atoms with van der Waals surface area (Å²) in [5, 5.41) is 0. The zero-order chi connectivity index (χ0) is 14.8. The Hall–Kier alpha value is -1.88. The fourth-order valence-electron chi connectivity index (χ4n) is 2.01. The zero-order valence-electron chi connectivity index (χ0n) is 11.4. The van der Waals surface area contributed by atoms with Crippen LogP contribution < -0.4 is 4.31 Å². The summed E-state index contributed by atoms with van der Waals surface area (Å²) in [4.78, 5) is 0.0762. The lowest BCUT2D eigenvalue weighted by Gasteiger charge is -2.22. The van der Waals surface area contributed by atoms with Crippen molar-refractivity contribution in [1.29, 1.82) is 0 Å². The molecule has 5 heteroatoms. The third kappa shape index (κ3) is 2.67. The summed E-state index contributed by atoms with van der Waals surface area (Å²) in [7, 11) is -2.17. The first-order valence-corrected chi connectivity index (χ1v) is 7.73. The van der Waals surface area contributed by atoms with E-state index in [1.807, 2.05) is 19.1 Å². The Kier molecular flexibility index (Phi) is 4.09. The quantitative estimate of drug-likeness (QED) is 0.868. The van der Waals surface area contributed by atoms with Gasteiger partial charge in [-0.1, -0.05) is 25.1 Å². The third-order valence-electron chi connectivity index (χ3n) is 3.18. The van der Waals surface area contributed by atoms with E-state index in [1.165, 1.54) is 23.5 Å². The number of nitrogens with zero attached hydrogens (tertiary/aromatic N) is 1. The fraction of sp³-hybridized carbons (Fsp3) is 0.200. The van der Waals surface area contributed by atoms with E-state index in [0.717, 1.165) is 24.1 Å². The maximum absolute atomic E-state index is 12.9. The predicted molar refractivity (Wildman–Crippen MR) is 77.8 cm³/mol. The Balaban J connectivity index is 2.46. The highest BCUT2D eigenvalue weighted by molar-refractivity contribution is 7.92. The standard InChI is InChI=1S/C15H16FNO2S/c1-3-12-6-4-5-7-15(12)17(2)20(18,19)14-10-8-13(16)9-11-14/h4-11H,3H2,1-2H3. The number of hydrogen-bond acceptors (Lipinski definition) is 2. The van der Waals surface area contributed by atoms with Crippen LogP contribution in [-0.2, 0) is 16.4 Å². The van der Waals surface area contributed by atoms with Crippen molar-refractivity contribution in [3.63, 3.8) is 0 Å². The molecule has 0 heterocycles. The lowest BCUT2D eigenvalue weighted by atomic mass is 10.1. The molecule has 20 heavy (non-hydrogen) atoms. The maximum Gasteiger partial charge on any atom is 0.264 e. The van der Waals surface area contributed by atoms with Crippen molar-refractivity contribution in [1.82, 2.24) is 0 Å². The van der Waals surface area contributed by atoms with Gasteiger partial charge in [0.05, 0.1) is 10.6 Å². The van der Waals surface area contributed by atoms with Crippen LogP contribution in [0.25, 0.3) is 0 Å². The molecule has 0 spiro atoms. The van der Waals surface area contributed by atoms with E-state index in [2.05, 4.69) is 0 Å². The topological polar surface area (TPSA) is 37.4 Å². The molecule has 0 saturated heterocycles. The molecule has 106 valence electrons. The van der Waals surface area contributed by atoms with E-state index >= 15 is 0 Å². The van der Waals surface area contributed by atoms with Crippen molar-refractivity contribution >= 4 is 15.7 Å². The van der Waals surface area contributed by atoms with Gasteiger partial charge in [-0.05, 0) is 42.3 Å². The van der Waals surface area contributed by atoms with Crippen LogP contribution in [0.2, 0.25) is 0 Å². The number of benzene rings is 2. The van der Waals surface area contributed by atoms with Gasteiger partial charge in [0.15, 0.2) is 0 Å². The van der Waals surface area contributed by atoms with Gasteiger partial charge < -0.3 is 0 Å². The monoisotopic (exact) mass is 293 g/mol. The number of anilines is 1. The number of rotatable bonds is 4. The molecular weight excluding hydrogens is 277 g/mol. The van der Waals surface area contributed by atoms with Crippen molar-refractivity contribution in [3.05, 3.63) is 59.9 Å². The summed E-state index contributed by atoms with van der Waals surface area (Å²) in [6.07, 6.45) is 0.736. The smallest absolute Gasteiger partial charge is 0.264 e. The molecule has 0 bridgehead atoms. The second kappa shape index (κ2) is 5.63. The fourth-order valence-corrected chi connectivity index (χ4v) is 3.24. The van der Waals surface area contributed by atoms with Gasteiger partial charge in [0.1, 0.15) is 5.82 Å². The van der Waals surface area contributed by atoms with Crippen LogP contribution in [0.3, 0.4) is 0 Å². The third-order valence-corrected chi connectivity index (χ3v) is 4.97. The van der Waals surface area contributed by atoms with Crippen LogP contribution in [0.1, 0.15) is 12.5 Å². The molecule has 3 nitrogen and oxygen atoms in total. The number of hydrogen-bond donors (Lipinski definition) is 0. The van der Waals surface area contributed by atoms with Crippen LogP contribution in [0, 0.1) is 5.82 Å². The van der Waals surface area contributed by atoms with E-state index in [9.17, 15) is 12.8 Å². The largest absolute Gasteiger partial charge is 0.269 e. The van der Waals surface area contributed by atoms with E-state index in [0.29, 0.717) is 5.69 Å². The molecule has 0 aliphatic carbocycles. The summed E-state index contributed by atoms with van der Waals surface area (Å²) in [5.74, 6) is -0.458. The predicted octanol–water partition coefficient (Wildman–Crippen LogP) is 3.21. The second-order valence-corrected chi connectivity index (χ2v) is 6.38. The van der Waals surface area contributed by atoms with Crippen LogP contribution >= 0.6 is 0 Å². The summed E-state index contributed by atoms with van der Waals surface area (Å²) in [6, 6.07) is 12.2. The zero-order valence-corrected chi connectivity index (χ0v) is 12.2. The Bertz CT molecular complexity index is 696. The normalized spacial score (nSPS) is 11.3.